The average Bonchev–Trinajstić information content (AvgIpc) is 3.84. The summed E-state index contributed by atoms with van der Waals surface area (Å²) >= 11 is 0. The van der Waals surface area contributed by atoms with Crippen LogP contribution in [-0.2, 0) is 30.5 Å². The monoisotopic (exact) mass is 760 g/mol. The summed E-state index contributed by atoms with van der Waals surface area (Å²) in [4.78, 5) is 67.0. The highest BCUT2D eigenvalue weighted by Crippen LogP contribution is 2.41. The summed E-state index contributed by atoms with van der Waals surface area (Å²) in [6.45, 7) is 7.48. The zero-order chi connectivity index (χ0) is 40.0. The van der Waals surface area contributed by atoms with Crippen LogP contribution in [0.25, 0.3) is 11.1 Å². The number of rotatable bonds is 17. The number of aromatic nitrogens is 1. The van der Waals surface area contributed by atoms with Gasteiger partial charge in [0, 0.05) is 73.8 Å². The van der Waals surface area contributed by atoms with Crippen molar-refractivity contribution in [1.29, 1.82) is 0 Å². The number of ketones is 2. The highest BCUT2D eigenvalue weighted by Gasteiger charge is 2.39. The van der Waals surface area contributed by atoms with Crippen LogP contribution < -0.4 is 5.73 Å². The second-order valence-corrected chi connectivity index (χ2v) is 16.4. The van der Waals surface area contributed by atoms with Gasteiger partial charge in [-0.3, -0.25) is 28.9 Å². The molecule has 2 fully saturated rings. The molecule has 0 bridgehead atoms. The Morgan fingerprint density at radius 1 is 1.04 bits per heavy atom. The minimum absolute atomic E-state index is 0.00418. The Bertz CT molecular complexity index is 1870. The summed E-state index contributed by atoms with van der Waals surface area (Å²) in [6, 6.07) is 13.1. The number of hydrogen-bond donors (Lipinski definition) is 2. The van der Waals surface area contributed by atoms with Gasteiger partial charge in [-0.15, -0.1) is 0 Å². The minimum atomic E-state index is -0.893. The minimum Gasteiger partial charge on any atom is -0.387 e. The number of nitrogens with zero attached hydrogens (tertiary/aromatic N) is 3. The maximum atomic E-state index is 15.1. The summed E-state index contributed by atoms with van der Waals surface area (Å²) in [5.74, 6) is -2.70. The number of carbonyl (C=O) groups is 5. The molecule has 2 heterocycles. The number of halogens is 2. The molecular formula is C43H54F2N4O6. The number of Topliss-reactive ketones (excluding diaryl/α,β-unsaturated/α-hetero) is 2. The summed E-state index contributed by atoms with van der Waals surface area (Å²) in [7, 11) is 0. The van der Waals surface area contributed by atoms with Crippen molar-refractivity contribution >= 4 is 29.3 Å². The third-order valence-corrected chi connectivity index (χ3v) is 11.1. The highest BCUT2D eigenvalue weighted by molar-refractivity contribution is 6.03. The second kappa shape index (κ2) is 17.9. The fraction of sp³-hybridized carbons (Fsp3) is 0.512. The standard InChI is InChI=1S/C43H54F2N4O6/c1-27-19-39(53)49(42(27)55)17-8-11-37(51)30-13-12-29(20-30)21-38(52)35(46)16-18-48(40(54)26-50)41(43(2,3)4)36-22-31(33-23-32(44)14-15-34(33)45)25-47(36)24-28-9-6-5-7-10-28/h5-7,9-10,14-15,22-23,25,27,29-30,35,41,50H,8,11-13,16-21,24,26,46H2,1-4H3/t27?,29-,30-,35+,41+/m1/s1. The second-order valence-electron chi connectivity index (χ2n) is 16.4. The first-order valence-corrected chi connectivity index (χ1v) is 19.3. The third kappa shape index (κ3) is 10.2. The van der Waals surface area contributed by atoms with Gasteiger partial charge in [0.25, 0.3) is 0 Å². The van der Waals surface area contributed by atoms with Gasteiger partial charge in [0.15, 0.2) is 0 Å². The van der Waals surface area contributed by atoms with Gasteiger partial charge in [-0.25, -0.2) is 8.78 Å². The first-order valence-electron chi connectivity index (χ1n) is 19.3. The van der Waals surface area contributed by atoms with E-state index in [1.54, 1.807) is 19.2 Å². The first-order chi connectivity index (χ1) is 26.1. The van der Waals surface area contributed by atoms with Crippen molar-refractivity contribution in [1.82, 2.24) is 14.4 Å². The molecule has 10 nitrogen and oxygen atoms in total. The van der Waals surface area contributed by atoms with Gasteiger partial charge in [0.2, 0.25) is 17.7 Å². The number of benzene rings is 2. The largest absolute Gasteiger partial charge is 0.387 e. The van der Waals surface area contributed by atoms with Crippen LogP contribution in [0.2, 0.25) is 0 Å². The first kappa shape index (κ1) is 41.6. The van der Waals surface area contributed by atoms with Crippen molar-refractivity contribution in [2.45, 2.75) is 97.7 Å². The Labute approximate surface area is 322 Å². The van der Waals surface area contributed by atoms with Crippen LogP contribution in [0.1, 0.15) is 96.4 Å². The van der Waals surface area contributed by atoms with Gasteiger partial charge in [-0.1, -0.05) is 58.0 Å². The van der Waals surface area contributed by atoms with E-state index in [4.69, 9.17) is 5.73 Å². The molecule has 1 saturated carbocycles. The molecule has 1 aliphatic carbocycles. The zero-order valence-electron chi connectivity index (χ0n) is 32.3. The molecular weight excluding hydrogens is 706 g/mol. The lowest BCUT2D eigenvalue weighted by molar-refractivity contribution is -0.140. The van der Waals surface area contributed by atoms with E-state index in [0.717, 1.165) is 23.8 Å². The summed E-state index contributed by atoms with van der Waals surface area (Å²) in [5, 5.41) is 10.2. The molecule has 5 rings (SSSR count). The molecule has 0 radical (unpaired) electrons. The van der Waals surface area contributed by atoms with E-state index < -0.39 is 41.6 Å². The van der Waals surface area contributed by atoms with E-state index >= 15 is 4.39 Å². The molecule has 3 aromatic rings. The number of nitrogens with two attached hydrogens (primary N) is 1. The number of aliphatic hydroxyl groups excluding tert-OH is 1. The van der Waals surface area contributed by atoms with Crippen molar-refractivity contribution in [2.24, 2.45) is 28.9 Å². The number of hydrogen-bond acceptors (Lipinski definition) is 7. The predicted molar refractivity (Wildman–Crippen MR) is 204 cm³/mol. The molecule has 12 heteroatoms. The summed E-state index contributed by atoms with van der Waals surface area (Å²) in [5.41, 5.74) is 7.95. The van der Waals surface area contributed by atoms with Crippen molar-refractivity contribution in [2.75, 3.05) is 19.7 Å². The van der Waals surface area contributed by atoms with Crippen molar-refractivity contribution in [3.05, 3.63) is 83.7 Å². The number of amides is 3. The molecule has 2 aromatic carbocycles. The Kier molecular flexibility index (Phi) is 13.6. The van der Waals surface area contributed by atoms with E-state index in [9.17, 15) is 33.5 Å². The van der Waals surface area contributed by atoms with Gasteiger partial charge < -0.3 is 20.3 Å². The lowest BCUT2D eigenvalue weighted by Gasteiger charge is -2.41. The summed E-state index contributed by atoms with van der Waals surface area (Å²) in [6.07, 6.45) is 4.94. The van der Waals surface area contributed by atoms with Crippen molar-refractivity contribution < 1.29 is 37.9 Å². The fourth-order valence-electron chi connectivity index (χ4n) is 8.23. The van der Waals surface area contributed by atoms with Crippen LogP contribution in [0.3, 0.4) is 0 Å². The van der Waals surface area contributed by atoms with Gasteiger partial charge in [0.1, 0.15) is 29.8 Å². The van der Waals surface area contributed by atoms with Crippen LogP contribution in [0.4, 0.5) is 8.78 Å². The normalized spacial score (nSPS) is 19.9. The summed E-state index contributed by atoms with van der Waals surface area (Å²) < 4.78 is 31.3. The van der Waals surface area contributed by atoms with E-state index in [-0.39, 0.29) is 85.5 Å². The molecule has 3 amide bonds. The number of likely N-dealkylation sites (tertiary alicyclic amines) is 1. The SMILES string of the molecule is CC1CC(=O)N(CCCC(=O)[C@@H]2CC[C@@H](CC(=O)[C@@H](N)CCN(C(=O)CO)[C@@H](c3cc(-c4cc(F)ccc4F)cn3Cc3ccccc3)C(C)(C)C)C2)C1=O. The van der Waals surface area contributed by atoms with Gasteiger partial charge >= 0.3 is 0 Å². The van der Waals surface area contributed by atoms with E-state index in [1.807, 2.05) is 55.7 Å². The maximum Gasteiger partial charge on any atom is 0.248 e. The van der Waals surface area contributed by atoms with E-state index in [0.29, 0.717) is 43.5 Å². The fourth-order valence-corrected chi connectivity index (χ4v) is 8.23. The molecule has 1 unspecified atom stereocenters. The Hall–Kier alpha value is -4.55. The van der Waals surface area contributed by atoms with Gasteiger partial charge in [-0.05, 0) is 73.3 Å². The molecule has 1 aromatic heterocycles. The zero-order valence-corrected chi connectivity index (χ0v) is 32.3. The molecule has 296 valence electrons. The number of carbonyl (C=O) groups excluding carboxylic acids is 5. The molecule has 2 aliphatic rings. The van der Waals surface area contributed by atoms with Crippen molar-refractivity contribution in [3.8, 4) is 11.1 Å². The number of aliphatic hydroxyl groups is 1. The molecule has 1 aliphatic heterocycles. The quantitative estimate of drug-likeness (QED) is 0.156. The molecule has 5 atom stereocenters. The van der Waals surface area contributed by atoms with Crippen LogP contribution in [-0.4, -0.2) is 74.5 Å². The molecule has 1 saturated heterocycles. The van der Waals surface area contributed by atoms with Crippen LogP contribution in [0.15, 0.2) is 60.8 Å². The molecule has 0 spiro atoms. The third-order valence-electron chi connectivity index (χ3n) is 11.1. The van der Waals surface area contributed by atoms with Crippen LogP contribution in [0.5, 0.6) is 0 Å². The maximum absolute atomic E-state index is 15.1. The van der Waals surface area contributed by atoms with E-state index in [2.05, 4.69) is 0 Å². The predicted octanol–water partition coefficient (Wildman–Crippen LogP) is 6.23. The van der Waals surface area contributed by atoms with E-state index in [1.165, 1.54) is 9.80 Å². The van der Waals surface area contributed by atoms with Gasteiger partial charge in [-0.2, -0.15) is 0 Å². The Morgan fingerprint density at radius 2 is 1.76 bits per heavy atom. The van der Waals surface area contributed by atoms with Crippen molar-refractivity contribution in [3.63, 3.8) is 0 Å². The highest BCUT2D eigenvalue weighted by atomic mass is 19.1. The Balaban J connectivity index is 1.26. The topological polar surface area (TPSA) is 143 Å². The molecule has 55 heavy (non-hydrogen) atoms. The lowest BCUT2D eigenvalue weighted by Crippen LogP contribution is -2.46. The van der Waals surface area contributed by atoms with Gasteiger partial charge in [0.05, 0.1) is 12.1 Å². The average molecular weight is 761 g/mol. The van der Waals surface area contributed by atoms with Crippen LogP contribution >= 0.6 is 0 Å². The van der Waals surface area contributed by atoms with Crippen LogP contribution in [0, 0.1) is 34.8 Å². The molecule has 3 N–H and O–H groups in total. The smallest absolute Gasteiger partial charge is 0.248 e. The lowest BCUT2D eigenvalue weighted by atomic mass is 9.82. The number of imide groups is 1. The Morgan fingerprint density at radius 3 is 2.42 bits per heavy atom.